The average molecular weight is 342 g/mol. The van der Waals surface area contributed by atoms with Crippen molar-refractivity contribution < 1.29 is 14.3 Å². The van der Waals surface area contributed by atoms with Crippen molar-refractivity contribution in [2.45, 2.75) is 38.4 Å². The summed E-state index contributed by atoms with van der Waals surface area (Å²) in [7, 11) is 0. The van der Waals surface area contributed by atoms with Crippen LogP contribution in [0.3, 0.4) is 0 Å². The largest absolute Gasteiger partial charge is 0.480 e. The van der Waals surface area contributed by atoms with Crippen LogP contribution < -0.4 is 10.1 Å². The minimum Gasteiger partial charge on any atom is -0.480 e. The Balaban J connectivity index is 1.73. The van der Waals surface area contributed by atoms with Gasteiger partial charge in [0.1, 0.15) is 5.75 Å². The molecule has 0 radical (unpaired) electrons. The number of carbonyl (C=O) groups excluding carboxylic acids is 1. The van der Waals surface area contributed by atoms with Crippen LogP contribution in [-0.2, 0) is 9.53 Å². The molecular weight excluding hydrogens is 322 g/mol. The molecule has 1 aliphatic rings. The van der Waals surface area contributed by atoms with E-state index in [4.69, 9.17) is 9.47 Å². The molecule has 1 aliphatic heterocycles. The lowest BCUT2D eigenvalue weighted by Crippen LogP contribution is -2.37. The number of carbonyl (C=O) groups is 1. The highest BCUT2D eigenvalue weighted by molar-refractivity contribution is 9.10. The summed E-state index contributed by atoms with van der Waals surface area (Å²) in [6, 6.07) is 7.50. The maximum Gasteiger partial charge on any atom is 0.260 e. The van der Waals surface area contributed by atoms with Gasteiger partial charge in [0.2, 0.25) is 0 Å². The van der Waals surface area contributed by atoms with Crippen LogP contribution in [0.2, 0.25) is 0 Å². The Morgan fingerprint density at radius 2 is 2.35 bits per heavy atom. The first kappa shape index (κ1) is 15.3. The summed E-state index contributed by atoms with van der Waals surface area (Å²) in [4.78, 5) is 11.9. The zero-order valence-corrected chi connectivity index (χ0v) is 13.2. The van der Waals surface area contributed by atoms with Gasteiger partial charge in [0.05, 0.1) is 10.6 Å². The number of rotatable bonds is 6. The van der Waals surface area contributed by atoms with E-state index >= 15 is 0 Å². The topological polar surface area (TPSA) is 47.6 Å². The summed E-state index contributed by atoms with van der Waals surface area (Å²) in [5.74, 6) is 0.577. The van der Waals surface area contributed by atoms with Crippen LogP contribution in [0.25, 0.3) is 0 Å². The van der Waals surface area contributed by atoms with E-state index in [-0.39, 0.29) is 5.91 Å². The van der Waals surface area contributed by atoms with Crippen molar-refractivity contribution in [3.05, 3.63) is 28.7 Å². The second kappa shape index (κ2) is 7.64. The minimum absolute atomic E-state index is 0.0984. The second-order valence-electron chi connectivity index (χ2n) is 4.91. The SMILES string of the molecule is C[C@H](Oc1ccccc1Br)C(=O)NCC[C@@H]1CCCO1. The highest BCUT2D eigenvalue weighted by Crippen LogP contribution is 2.24. The molecule has 0 bridgehead atoms. The summed E-state index contributed by atoms with van der Waals surface area (Å²) >= 11 is 3.40. The van der Waals surface area contributed by atoms with E-state index in [1.54, 1.807) is 6.92 Å². The molecule has 1 aromatic rings. The van der Waals surface area contributed by atoms with Crippen molar-refractivity contribution in [2.24, 2.45) is 0 Å². The van der Waals surface area contributed by atoms with Crippen LogP contribution in [0.1, 0.15) is 26.2 Å². The molecule has 0 spiro atoms. The monoisotopic (exact) mass is 341 g/mol. The quantitative estimate of drug-likeness (QED) is 0.865. The van der Waals surface area contributed by atoms with Crippen LogP contribution in [-0.4, -0.2) is 31.3 Å². The Kier molecular flexibility index (Phi) is 5.86. The third-order valence-electron chi connectivity index (χ3n) is 3.30. The van der Waals surface area contributed by atoms with Gasteiger partial charge in [-0.1, -0.05) is 12.1 Å². The molecule has 110 valence electrons. The minimum atomic E-state index is -0.516. The molecule has 1 aromatic carbocycles. The molecule has 2 atom stereocenters. The third-order valence-corrected chi connectivity index (χ3v) is 3.95. The van der Waals surface area contributed by atoms with Crippen LogP contribution in [0, 0.1) is 0 Å². The molecule has 1 heterocycles. The summed E-state index contributed by atoms with van der Waals surface area (Å²) in [5.41, 5.74) is 0. The van der Waals surface area contributed by atoms with Crippen molar-refractivity contribution in [3.8, 4) is 5.75 Å². The first-order valence-electron chi connectivity index (χ1n) is 6.97. The molecule has 2 rings (SSSR count). The Labute approximate surface area is 128 Å². The molecule has 5 heteroatoms. The number of para-hydroxylation sites is 1. The van der Waals surface area contributed by atoms with Crippen LogP contribution in [0.15, 0.2) is 28.7 Å². The number of benzene rings is 1. The molecule has 4 nitrogen and oxygen atoms in total. The maximum atomic E-state index is 11.9. The zero-order valence-electron chi connectivity index (χ0n) is 11.6. The molecule has 0 aromatic heterocycles. The highest BCUT2D eigenvalue weighted by atomic mass is 79.9. The van der Waals surface area contributed by atoms with Gasteiger partial charge in [-0.25, -0.2) is 0 Å². The van der Waals surface area contributed by atoms with Gasteiger partial charge in [-0.2, -0.15) is 0 Å². The number of ether oxygens (including phenoxy) is 2. The second-order valence-corrected chi connectivity index (χ2v) is 5.76. The fourth-order valence-corrected chi connectivity index (χ4v) is 2.53. The van der Waals surface area contributed by atoms with Gasteiger partial charge in [-0.3, -0.25) is 4.79 Å². The molecule has 1 fully saturated rings. The van der Waals surface area contributed by atoms with Gasteiger partial charge in [0, 0.05) is 13.2 Å². The van der Waals surface area contributed by atoms with E-state index in [9.17, 15) is 4.79 Å². The Morgan fingerprint density at radius 1 is 1.55 bits per heavy atom. The lowest BCUT2D eigenvalue weighted by molar-refractivity contribution is -0.127. The van der Waals surface area contributed by atoms with E-state index in [2.05, 4.69) is 21.2 Å². The lowest BCUT2D eigenvalue weighted by atomic mass is 10.2. The zero-order chi connectivity index (χ0) is 14.4. The fraction of sp³-hybridized carbons (Fsp3) is 0.533. The number of halogens is 1. The summed E-state index contributed by atoms with van der Waals surface area (Å²) in [5, 5.41) is 2.89. The van der Waals surface area contributed by atoms with Gasteiger partial charge in [0.25, 0.3) is 5.91 Å². The van der Waals surface area contributed by atoms with Gasteiger partial charge in [-0.05, 0) is 54.2 Å². The lowest BCUT2D eigenvalue weighted by Gasteiger charge is -2.16. The molecular formula is C15H20BrNO3. The van der Waals surface area contributed by atoms with Gasteiger partial charge >= 0.3 is 0 Å². The molecule has 20 heavy (non-hydrogen) atoms. The summed E-state index contributed by atoms with van der Waals surface area (Å²) < 4.78 is 12.0. The molecule has 0 aliphatic carbocycles. The average Bonchev–Trinajstić information content (AvgIpc) is 2.94. The first-order valence-corrected chi connectivity index (χ1v) is 7.76. The molecule has 1 saturated heterocycles. The van der Waals surface area contributed by atoms with E-state index in [1.165, 1.54) is 0 Å². The Bertz CT molecular complexity index is 446. The van der Waals surface area contributed by atoms with E-state index in [1.807, 2.05) is 24.3 Å². The van der Waals surface area contributed by atoms with Gasteiger partial charge in [0.15, 0.2) is 6.10 Å². The Morgan fingerprint density at radius 3 is 3.05 bits per heavy atom. The van der Waals surface area contributed by atoms with Crippen molar-refractivity contribution in [2.75, 3.05) is 13.2 Å². The van der Waals surface area contributed by atoms with E-state index in [0.29, 0.717) is 18.4 Å². The van der Waals surface area contributed by atoms with Crippen molar-refractivity contribution in [1.82, 2.24) is 5.32 Å². The molecule has 1 N–H and O–H groups in total. The van der Waals surface area contributed by atoms with E-state index in [0.717, 1.165) is 30.3 Å². The number of hydrogen-bond donors (Lipinski definition) is 1. The van der Waals surface area contributed by atoms with Crippen molar-refractivity contribution >= 4 is 21.8 Å². The van der Waals surface area contributed by atoms with Crippen LogP contribution >= 0.6 is 15.9 Å². The van der Waals surface area contributed by atoms with Crippen LogP contribution in [0.5, 0.6) is 5.75 Å². The smallest absolute Gasteiger partial charge is 0.260 e. The van der Waals surface area contributed by atoms with Crippen LogP contribution in [0.4, 0.5) is 0 Å². The standard InChI is InChI=1S/C15H20BrNO3/c1-11(20-14-7-3-2-6-13(14)16)15(18)17-9-8-12-5-4-10-19-12/h2-3,6-7,11-12H,4-5,8-10H2,1H3,(H,17,18)/t11-,12-/m0/s1. The van der Waals surface area contributed by atoms with Crippen molar-refractivity contribution in [3.63, 3.8) is 0 Å². The predicted molar refractivity (Wildman–Crippen MR) is 80.8 cm³/mol. The highest BCUT2D eigenvalue weighted by Gasteiger charge is 2.18. The van der Waals surface area contributed by atoms with Gasteiger partial charge in [-0.15, -0.1) is 0 Å². The predicted octanol–water partition coefficient (Wildman–Crippen LogP) is 2.90. The van der Waals surface area contributed by atoms with E-state index < -0.39 is 6.10 Å². The Hall–Kier alpha value is -1.07. The third kappa shape index (κ3) is 4.49. The first-order chi connectivity index (χ1) is 9.66. The number of nitrogens with one attached hydrogen (secondary N) is 1. The molecule has 0 saturated carbocycles. The number of amides is 1. The molecule has 1 amide bonds. The van der Waals surface area contributed by atoms with Gasteiger partial charge < -0.3 is 14.8 Å². The van der Waals surface area contributed by atoms with Crippen molar-refractivity contribution in [1.29, 1.82) is 0 Å². The fourth-order valence-electron chi connectivity index (χ4n) is 2.16. The number of hydrogen-bond acceptors (Lipinski definition) is 3. The normalized spacial score (nSPS) is 19.6. The molecule has 0 unspecified atom stereocenters. The summed E-state index contributed by atoms with van der Waals surface area (Å²) in [6.07, 6.45) is 2.87. The summed E-state index contributed by atoms with van der Waals surface area (Å²) in [6.45, 7) is 3.23. The maximum absolute atomic E-state index is 11.9.